The van der Waals surface area contributed by atoms with Crippen LogP contribution in [0.2, 0.25) is 5.02 Å². The van der Waals surface area contributed by atoms with E-state index in [2.05, 4.69) is 17.1 Å². The molecule has 2 unspecified atom stereocenters. The second kappa shape index (κ2) is 8.04. The van der Waals surface area contributed by atoms with Gasteiger partial charge < -0.3 is 20.1 Å². The summed E-state index contributed by atoms with van der Waals surface area (Å²) >= 11 is 6.52. The van der Waals surface area contributed by atoms with Crippen molar-refractivity contribution in [2.24, 2.45) is 0 Å². The number of rotatable bonds is 5. The van der Waals surface area contributed by atoms with Crippen LogP contribution in [0.3, 0.4) is 0 Å². The maximum absolute atomic E-state index is 13.3. The Kier molecular flexibility index (Phi) is 5.78. The molecule has 1 fully saturated rings. The highest BCUT2D eigenvalue weighted by Crippen LogP contribution is 2.37. The monoisotopic (exact) mass is 364 g/mol. The van der Waals surface area contributed by atoms with Gasteiger partial charge in [-0.15, -0.1) is 0 Å². The highest BCUT2D eigenvalue weighted by atomic mass is 35.5. The largest absolute Gasteiger partial charge is 0.491 e. The lowest BCUT2D eigenvalue weighted by molar-refractivity contribution is 0.201. The SMILES string of the molecule is CC1CNCC(c2ccc(F)cc2)N1c1ccc(OCCO)cc1Cl. The topological polar surface area (TPSA) is 44.7 Å². The first-order chi connectivity index (χ1) is 12.1. The number of aliphatic hydroxyl groups is 1. The number of benzene rings is 2. The van der Waals surface area contributed by atoms with Crippen molar-refractivity contribution in [3.63, 3.8) is 0 Å². The first-order valence-corrected chi connectivity index (χ1v) is 8.75. The summed E-state index contributed by atoms with van der Waals surface area (Å²) in [6, 6.07) is 12.5. The molecule has 2 aromatic rings. The summed E-state index contributed by atoms with van der Waals surface area (Å²) in [6.07, 6.45) is 0. The number of aliphatic hydroxyl groups excluding tert-OH is 1. The van der Waals surface area contributed by atoms with Crippen LogP contribution in [0.1, 0.15) is 18.5 Å². The van der Waals surface area contributed by atoms with Gasteiger partial charge in [-0.25, -0.2) is 4.39 Å². The quantitative estimate of drug-likeness (QED) is 0.853. The molecule has 3 rings (SSSR count). The summed E-state index contributed by atoms with van der Waals surface area (Å²) in [5.74, 6) is 0.388. The lowest BCUT2D eigenvalue weighted by atomic mass is 9.99. The number of piperazine rings is 1. The summed E-state index contributed by atoms with van der Waals surface area (Å²) in [5.41, 5.74) is 1.96. The van der Waals surface area contributed by atoms with Crippen LogP contribution in [0.5, 0.6) is 5.75 Å². The Morgan fingerprint density at radius 1 is 1.24 bits per heavy atom. The molecule has 1 aliphatic heterocycles. The van der Waals surface area contributed by atoms with Crippen molar-refractivity contribution in [3.05, 3.63) is 58.9 Å². The van der Waals surface area contributed by atoms with Gasteiger partial charge in [0.1, 0.15) is 18.2 Å². The van der Waals surface area contributed by atoms with Gasteiger partial charge in [-0.1, -0.05) is 23.7 Å². The molecule has 0 bridgehead atoms. The number of anilines is 1. The van der Waals surface area contributed by atoms with Crippen LogP contribution < -0.4 is 15.0 Å². The Hall–Kier alpha value is -1.82. The minimum absolute atomic E-state index is 0.0408. The number of hydrogen-bond acceptors (Lipinski definition) is 4. The van der Waals surface area contributed by atoms with Gasteiger partial charge >= 0.3 is 0 Å². The molecule has 4 nitrogen and oxygen atoms in total. The fraction of sp³-hybridized carbons (Fsp3) is 0.368. The third kappa shape index (κ3) is 4.06. The number of halogens is 2. The lowest BCUT2D eigenvalue weighted by Gasteiger charge is -2.43. The van der Waals surface area contributed by atoms with E-state index in [0.29, 0.717) is 10.8 Å². The number of nitrogens with one attached hydrogen (secondary N) is 1. The summed E-state index contributed by atoms with van der Waals surface area (Å²) < 4.78 is 18.7. The molecule has 2 atom stereocenters. The van der Waals surface area contributed by atoms with E-state index in [4.69, 9.17) is 21.4 Å². The van der Waals surface area contributed by atoms with Gasteiger partial charge in [0.05, 0.1) is 23.4 Å². The van der Waals surface area contributed by atoms with E-state index in [9.17, 15) is 4.39 Å². The van der Waals surface area contributed by atoms with Crippen LogP contribution in [0.25, 0.3) is 0 Å². The Bertz CT molecular complexity index is 711. The number of nitrogens with zero attached hydrogens (tertiary/aromatic N) is 1. The fourth-order valence-corrected chi connectivity index (χ4v) is 3.52. The van der Waals surface area contributed by atoms with E-state index >= 15 is 0 Å². The molecule has 0 radical (unpaired) electrons. The summed E-state index contributed by atoms with van der Waals surface area (Å²) in [4.78, 5) is 2.27. The van der Waals surface area contributed by atoms with Crippen LogP contribution in [0.15, 0.2) is 42.5 Å². The van der Waals surface area contributed by atoms with Crippen molar-refractivity contribution < 1.29 is 14.2 Å². The van der Waals surface area contributed by atoms with Crippen molar-refractivity contribution in [2.45, 2.75) is 19.0 Å². The highest BCUT2D eigenvalue weighted by molar-refractivity contribution is 6.33. The first-order valence-electron chi connectivity index (χ1n) is 8.38. The molecule has 6 heteroatoms. The van der Waals surface area contributed by atoms with Crippen molar-refractivity contribution >= 4 is 17.3 Å². The molecule has 0 aliphatic carbocycles. The van der Waals surface area contributed by atoms with Gasteiger partial charge in [-0.05, 0) is 36.8 Å². The maximum atomic E-state index is 13.3. The molecule has 134 valence electrons. The average molecular weight is 365 g/mol. The molecule has 1 aliphatic rings. The van der Waals surface area contributed by atoms with Crippen molar-refractivity contribution in [1.29, 1.82) is 0 Å². The van der Waals surface area contributed by atoms with Gasteiger partial charge in [0.15, 0.2) is 0 Å². The molecular formula is C19H22ClFN2O2. The minimum atomic E-state index is -0.240. The number of hydrogen-bond donors (Lipinski definition) is 2. The second-order valence-electron chi connectivity index (χ2n) is 6.17. The highest BCUT2D eigenvalue weighted by Gasteiger charge is 2.30. The Morgan fingerprint density at radius 3 is 2.68 bits per heavy atom. The molecule has 1 heterocycles. The maximum Gasteiger partial charge on any atom is 0.123 e. The molecule has 25 heavy (non-hydrogen) atoms. The van der Waals surface area contributed by atoms with Gasteiger partial charge in [0.25, 0.3) is 0 Å². The first kappa shape index (κ1) is 18.0. The molecule has 0 aromatic heterocycles. The third-order valence-corrected chi connectivity index (χ3v) is 4.70. The van der Waals surface area contributed by atoms with Crippen molar-refractivity contribution in [2.75, 3.05) is 31.2 Å². The molecular weight excluding hydrogens is 343 g/mol. The van der Waals surface area contributed by atoms with Crippen molar-refractivity contribution in [3.8, 4) is 5.75 Å². The predicted octanol–water partition coefficient (Wildman–Crippen LogP) is 3.39. The molecule has 1 saturated heterocycles. The van der Waals surface area contributed by atoms with Gasteiger partial charge in [0.2, 0.25) is 0 Å². The lowest BCUT2D eigenvalue weighted by Crippen LogP contribution is -2.52. The van der Waals surface area contributed by atoms with E-state index in [1.54, 1.807) is 6.07 Å². The molecule has 0 spiro atoms. The standard InChI is InChI=1S/C19H22ClFN2O2/c1-13-11-22-12-19(14-2-4-15(21)5-3-14)23(13)18-7-6-16(10-17(18)20)25-9-8-24/h2-7,10,13,19,22,24H,8-9,11-12H2,1H3. The zero-order valence-electron chi connectivity index (χ0n) is 14.1. The summed E-state index contributed by atoms with van der Waals surface area (Å²) in [6.45, 7) is 3.93. The molecule has 0 amide bonds. The van der Waals surface area contributed by atoms with E-state index in [-0.39, 0.29) is 31.1 Å². The van der Waals surface area contributed by atoms with Crippen LogP contribution in [0.4, 0.5) is 10.1 Å². The minimum Gasteiger partial charge on any atom is -0.491 e. The van der Waals surface area contributed by atoms with Crippen LogP contribution in [-0.2, 0) is 0 Å². The van der Waals surface area contributed by atoms with E-state index in [1.165, 1.54) is 12.1 Å². The Morgan fingerprint density at radius 2 is 2.00 bits per heavy atom. The summed E-state index contributed by atoms with van der Waals surface area (Å²) in [7, 11) is 0. The van der Waals surface area contributed by atoms with E-state index in [0.717, 1.165) is 24.3 Å². The van der Waals surface area contributed by atoms with Crippen molar-refractivity contribution in [1.82, 2.24) is 5.32 Å². The van der Waals surface area contributed by atoms with E-state index in [1.807, 2.05) is 24.3 Å². The normalized spacial score (nSPS) is 20.6. The van der Waals surface area contributed by atoms with Crippen LogP contribution in [-0.4, -0.2) is 37.5 Å². The Labute approximate surface area is 152 Å². The van der Waals surface area contributed by atoms with E-state index < -0.39 is 0 Å². The van der Waals surface area contributed by atoms with Gasteiger partial charge in [-0.2, -0.15) is 0 Å². The number of ether oxygens (including phenoxy) is 1. The zero-order valence-corrected chi connectivity index (χ0v) is 14.8. The van der Waals surface area contributed by atoms with Crippen LogP contribution in [0, 0.1) is 5.82 Å². The fourth-order valence-electron chi connectivity index (χ4n) is 3.25. The smallest absolute Gasteiger partial charge is 0.123 e. The summed E-state index contributed by atoms with van der Waals surface area (Å²) in [5, 5.41) is 12.9. The third-order valence-electron chi connectivity index (χ3n) is 4.40. The molecule has 0 saturated carbocycles. The predicted molar refractivity (Wildman–Crippen MR) is 98.0 cm³/mol. The van der Waals surface area contributed by atoms with Gasteiger partial charge in [-0.3, -0.25) is 0 Å². The molecule has 2 aromatic carbocycles. The van der Waals surface area contributed by atoms with Gasteiger partial charge in [0, 0.05) is 25.2 Å². The van der Waals surface area contributed by atoms with Crippen LogP contribution >= 0.6 is 11.6 Å². The zero-order chi connectivity index (χ0) is 17.8. The second-order valence-corrected chi connectivity index (χ2v) is 6.57. The Balaban J connectivity index is 1.92. The molecule has 2 N–H and O–H groups in total. The average Bonchev–Trinajstić information content (AvgIpc) is 2.61.